The van der Waals surface area contributed by atoms with Crippen LogP contribution < -0.4 is 0 Å². The van der Waals surface area contributed by atoms with Crippen molar-refractivity contribution in [1.82, 2.24) is 0 Å². The summed E-state index contributed by atoms with van der Waals surface area (Å²) >= 11 is 0. The lowest BCUT2D eigenvalue weighted by Gasteiger charge is -2.69. The van der Waals surface area contributed by atoms with Crippen molar-refractivity contribution in [3.63, 3.8) is 0 Å². The Labute approximate surface area is 248 Å². The summed E-state index contributed by atoms with van der Waals surface area (Å²) in [4.78, 5) is 51.9. The van der Waals surface area contributed by atoms with Gasteiger partial charge in [-0.2, -0.15) is 0 Å². The first-order chi connectivity index (χ1) is 19.4. The van der Waals surface area contributed by atoms with Crippen molar-refractivity contribution in [1.29, 1.82) is 0 Å². The smallest absolute Gasteiger partial charge is 0.331 e. The number of carbonyl (C=O) groups is 4. The zero-order valence-corrected chi connectivity index (χ0v) is 26.2. The maximum absolute atomic E-state index is 14.4. The van der Waals surface area contributed by atoms with E-state index in [1.807, 2.05) is 47.6 Å². The quantitative estimate of drug-likeness (QED) is 0.233. The number of rotatable bonds is 6. The summed E-state index contributed by atoms with van der Waals surface area (Å²) in [6, 6.07) is 0. The van der Waals surface area contributed by atoms with Crippen molar-refractivity contribution < 1.29 is 44.0 Å². The molecule has 0 aromatic carbocycles. The molecule has 42 heavy (non-hydrogen) atoms. The number of Topliss-reactive ketones (excluding diaryl/α,β-unsaturated/α-hetero) is 1. The van der Waals surface area contributed by atoms with E-state index < -0.39 is 76.3 Å². The zero-order valence-electron chi connectivity index (χ0n) is 26.2. The van der Waals surface area contributed by atoms with Crippen LogP contribution in [0, 0.1) is 39.9 Å². The number of aliphatic hydroxyl groups is 2. The number of carboxylic acids is 1. The Kier molecular flexibility index (Phi) is 8.64. The molecule has 4 saturated carbocycles. The number of ether oxygens (including phenoxy) is 2. The molecule has 4 aliphatic carbocycles. The molecule has 9 heteroatoms. The van der Waals surface area contributed by atoms with Crippen molar-refractivity contribution in [2.24, 2.45) is 39.9 Å². The standard InChI is InChI=1S/C33H48O9/c1-16(2)10-9-11-20(30(39)40)25-21-14-23(37)28-31(6)13-12-22(36)17(3)26(31)27(42-19(5)35)29(38)33(28,8)32(21,7)15-24(25)41-18(4)34/h10,17,21-22,24,26-29,36,38H,9,11-15H2,1-8H3,(H,39,40)/b25-20-/t17-,21+,22-,24+,26-,27-,28+,29+,31+,32+,33-/m1/s1. The summed E-state index contributed by atoms with van der Waals surface area (Å²) in [5, 5.41) is 33.5. The molecule has 0 aromatic heterocycles. The largest absolute Gasteiger partial charge is 0.478 e. The Morgan fingerprint density at radius 3 is 2.19 bits per heavy atom. The number of allylic oxidation sites excluding steroid dienone is 2. The number of esters is 2. The Morgan fingerprint density at radius 1 is 1.02 bits per heavy atom. The van der Waals surface area contributed by atoms with Gasteiger partial charge < -0.3 is 24.8 Å². The lowest BCUT2D eigenvalue weighted by atomic mass is 9.35. The Hall–Kier alpha value is -2.52. The van der Waals surface area contributed by atoms with Crippen LogP contribution >= 0.6 is 0 Å². The van der Waals surface area contributed by atoms with Gasteiger partial charge >= 0.3 is 17.9 Å². The second-order valence-electron chi connectivity index (χ2n) is 14.2. The zero-order chi connectivity index (χ0) is 31.5. The Morgan fingerprint density at radius 2 is 1.64 bits per heavy atom. The van der Waals surface area contributed by atoms with Gasteiger partial charge in [-0.15, -0.1) is 0 Å². The van der Waals surface area contributed by atoms with Gasteiger partial charge in [0.05, 0.1) is 12.2 Å². The minimum Gasteiger partial charge on any atom is -0.478 e. The lowest BCUT2D eigenvalue weighted by molar-refractivity contribution is -0.277. The lowest BCUT2D eigenvalue weighted by Crippen LogP contribution is -2.74. The van der Waals surface area contributed by atoms with E-state index in [0.29, 0.717) is 24.8 Å². The van der Waals surface area contributed by atoms with Crippen LogP contribution in [-0.4, -0.2) is 63.4 Å². The second-order valence-corrected chi connectivity index (χ2v) is 14.2. The third kappa shape index (κ3) is 4.84. The number of fused-ring (bicyclic) bond motifs is 5. The molecule has 234 valence electrons. The summed E-state index contributed by atoms with van der Waals surface area (Å²) in [5.41, 5.74) is -1.07. The molecular formula is C33H48O9. The molecule has 4 rings (SSSR count). The Balaban J connectivity index is 1.95. The molecule has 4 fully saturated rings. The van der Waals surface area contributed by atoms with Crippen molar-refractivity contribution in [2.75, 3.05) is 0 Å². The maximum atomic E-state index is 14.4. The molecule has 9 nitrogen and oxygen atoms in total. The van der Waals surface area contributed by atoms with Crippen molar-refractivity contribution in [3.8, 4) is 0 Å². The molecular weight excluding hydrogens is 540 g/mol. The van der Waals surface area contributed by atoms with E-state index in [1.165, 1.54) is 13.8 Å². The summed E-state index contributed by atoms with van der Waals surface area (Å²) < 4.78 is 11.7. The number of ketones is 1. The first-order valence-electron chi connectivity index (χ1n) is 15.2. The van der Waals surface area contributed by atoms with E-state index in [9.17, 15) is 34.5 Å². The highest BCUT2D eigenvalue weighted by Crippen LogP contribution is 2.74. The number of aliphatic carboxylic acids is 1. The minimum absolute atomic E-state index is 0.0630. The summed E-state index contributed by atoms with van der Waals surface area (Å²) in [6.45, 7) is 14.2. The normalized spacial score (nSPS) is 43.8. The topological polar surface area (TPSA) is 147 Å². The molecule has 0 saturated heterocycles. The van der Waals surface area contributed by atoms with Gasteiger partial charge in [-0.1, -0.05) is 39.3 Å². The van der Waals surface area contributed by atoms with E-state index in [-0.39, 0.29) is 36.5 Å². The van der Waals surface area contributed by atoms with Crippen molar-refractivity contribution in [3.05, 3.63) is 22.8 Å². The van der Waals surface area contributed by atoms with Gasteiger partial charge in [0.1, 0.15) is 18.0 Å². The Bertz CT molecular complexity index is 1210. The first-order valence-corrected chi connectivity index (χ1v) is 15.2. The number of aliphatic hydroxyl groups excluding tert-OH is 2. The molecule has 0 amide bonds. The van der Waals surface area contributed by atoms with Gasteiger partial charge in [-0.05, 0) is 74.2 Å². The molecule has 0 spiro atoms. The molecule has 0 heterocycles. The predicted octanol–water partition coefficient (Wildman–Crippen LogP) is 4.39. The third-order valence-electron chi connectivity index (χ3n) is 11.7. The average Bonchev–Trinajstić information content (AvgIpc) is 3.13. The van der Waals surface area contributed by atoms with Crippen molar-refractivity contribution in [2.45, 2.75) is 118 Å². The first kappa shape index (κ1) is 32.4. The molecule has 4 aliphatic rings. The van der Waals surface area contributed by atoms with E-state index in [2.05, 4.69) is 0 Å². The SMILES string of the molecule is CC(=O)O[C@@H]1[C@H]2[C@H](C)[C@H](O)CC[C@]2(C)[C@@H]2C(=O)C[C@H]3/C(=C(\CCC=C(C)C)C(=O)O)[C@@H](OC(C)=O)C[C@]3(C)[C@@]2(C)[C@H]1O. The molecule has 0 radical (unpaired) electrons. The van der Waals surface area contributed by atoms with Crippen LogP contribution in [0.2, 0.25) is 0 Å². The van der Waals surface area contributed by atoms with Gasteiger partial charge in [0, 0.05) is 43.1 Å². The fraction of sp³-hybridized carbons (Fsp3) is 0.758. The summed E-state index contributed by atoms with van der Waals surface area (Å²) in [5.74, 6) is -4.31. The molecule has 11 atom stereocenters. The summed E-state index contributed by atoms with van der Waals surface area (Å²) in [6.07, 6.45) is 0.161. The number of hydrogen-bond donors (Lipinski definition) is 3. The molecule has 0 unspecified atom stereocenters. The number of carboxylic acid groups (broad SMARTS) is 1. The van der Waals surface area contributed by atoms with Crippen LogP contribution in [0.5, 0.6) is 0 Å². The highest BCUT2D eigenvalue weighted by atomic mass is 16.6. The van der Waals surface area contributed by atoms with Crippen LogP contribution in [0.3, 0.4) is 0 Å². The monoisotopic (exact) mass is 588 g/mol. The van der Waals surface area contributed by atoms with Gasteiger partial charge in [0.25, 0.3) is 0 Å². The van der Waals surface area contributed by atoms with Gasteiger partial charge in [-0.3, -0.25) is 14.4 Å². The fourth-order valence-corrected chi connectivity index (χ4v) is 9.88. The second kappa shape index (κ2) is 11.2. The van der Waals surface area contributed by atoms with E-state index in [0.717, 1.165) is 5.57 Å². The molecule has 0 aliphatic heterocycles. The molecule has 3 N–H and O–H groups in total. The van der Waals surface area contributed by atoms with Gasteiger partial charge in [-0.25, -0.2) is 4.79 Å². The van der Waals surface area contributed by atoms with Crippen LogP contribution in [0.1, 0.15) is 93.9 Å². The number of hydrogen-bond acceptors (Lipinski definition) is 8. The van der Waals surface area contributed by atoms with Gasteiger partial charge in [0.2, 0.25) is 0 Å². The van der Waals surface area contributed by atoms with E-state index in [1.54, 1.807) is 0 Å². The molecule has 0 aromatic rings. The molecule has 0 bridgehead atoms. The van der Waals surface area contributed by atoms with Crippen LogP contribution in [0.25, 0.3) is 0 Å². The maximum Gasteiger partial charge on any atom is 0.331 e. The van der Waals surface area contributed by atoms with Crippen LogP contribution in [-0.2, 0) is 28.7 Å². The van der Waals surface area contributed by atoms with Crippen molar-refractivity contribution >= 4 is 23.7 Å². The highest BCUT2D eigenvalue weighted by Gasteiger charge is 2.76. The highest BCUT2D eigenvalue weighted by molar-refractivity contribution is 5.90. The third-order valence-corrected chi connectivity index (χ3v) is 11.7. The average molecular weight is 589 g/mol. The van der Waals surface area contributed by atoms with Crippen LogP contribution in [0.15, 0.2) is 22.8 Å². The van der Waals surface area contributed by atoms with E-state index in [4.69, 9.17) is 9.47 Å². The van der Waals surface area contributed by atoms with Crippen LogP contribution in [0.4, 0.5) is 0 Å². The predicted molar refractivity (Wildman–Crippen MR) is 154 cm³/mol. The van der Waals surface area contributed by atoms with Gasteiger partial charge in [0.15, 0.2) is 0 Å². The fourth-order valence-electron chi connectivity index (χ4n) is 9.88. The minimum atomic E-state index is -1.27. The van der Waals surface area contributed by atoms with E-state index >= 15 is 0 Å². The summed E-state index contributed by atoms with van der Waals surface area (Å²) in [7, 11) is 0. The number of carbonyl (C=O) groups excluding carboxylic acids is 3.